The number of aliphatic hydroxyl groups excluding tert-OH is 1. The molecule has 4 heteroatoms. The smallest absolute Gasteiger partial charge is 0.126 e. The number of rotatable bonds is 4. The van der Waals surface area contributed by atoms with Crippen molar-refractivity contribution in [2.24, 2.45) is 0 Å². The van der Waals surface area contributed by atoms with Gasteiger partial charge in [0, 0.05) is 6.07 Å². The van der Waals surface area contributed by atoms with E-state index in [1.54, 1.807) is 24.3 Å². The Bertz CT molecular complexity index is 532. The summed E-state index contributed by atoms with van der Waals surface area (Å²) < 4.78 is 31.5. The average Bonchev–Trinajstić information content (AvgIpc) is 2.38. The van der Waals surface area contributed by atoms with Crippen LogP contribution in [-0.2, 0) is 0 Å². The van der Waals surface area contributed by atoms with Crippen LogP contribution in [0.4, 0.5) is 8.78 Å². The first-order chi connectivity index (χ1) is 9.10. The van der Waals surface area contributed by atoms with Crippen LogP contribution in [0.25, 0.3) is 0 Å². The van der Waals surface area contributed by atoms with Crippen LogP contribution in [0.1, 0.15) is 24.2 Å². The zero-order valence-electron chi connectivity index (χ0n) is 10.4. The van der Waals surface area contributed by atoms with Crippen molar-refractivity contribution in [3.8, 4) is 5.75 Å². The highest BCUT2D eigenvalue weighted by atomic mass is 19.1. The van der Waals surface area contributed by atoms with Crippen LogP contribution in [0, 0.1) is 11.6 Å². The van der Waals surface area contributed by atoms with Crippen LogP contribution >= 0.6 is 0 Å². The molecule has 19 heavy (non-hydrogen) atoms. The number of ether oxygens (including phenoxy) is 1. The molecule has 0 aliphatic carbocycles. The molecule has 2 nitrogen and oxygen atoms in total. The SMILES string of the molecule is CCOc1ccc(C(O)c2cc(F)cc(F)c2)cc1. The van der Waals surface area contributed by atoms with Gasteiger partial charge in [-0.3, -0.25) is 0 Å². The van der Waals surface area contributed by atoms with Crippen molar-refractivity contribution >= 4 is 0 Å². The number of benzene rings is 2. The van der Waals surface area contributed by atoms with E-state index < -0.39 is 17.7 Å². The standard InChI is InChI=1S/C15H14F2O2/c1-2-19-14-5-3-10(4-6-14)15(18)11-7-12(16)9-13(17)8-11/h3-9,15,18H,2H2,1H3. The molecule has 0 bridgehead atoms. The third-order valence-corrected chi connectivity index (χ3v) is 2.71. The molecule has 0 fully saturated rings. The van der Waals surface area contributed by atoms with Crippen molar-refractivity contribution in [2.45, 2.75) is 13.0 Å². The fraction of sp³-hybridized carbons (Fsp3) is 0.200. The normalized spacial score (nSPS) is 12.2. The summed E-state index contributed by atoms with van der Waals surface area (Å²) in [4.78, 5) is 0. The number of hydrogen-bond acceptors (Lipinski definition) is 2. The Morgan fingerprint density at radius 1 is 1.00 bits per heavy atom. The summed E-state index contributed by atoms with van der Waals surface area (Å²) in [5.41, 5.74) is 0.732. The lowest BCUT2D eigenvalue weighted by molar-refractivity contribution is 0.219. The average molecular weight is 264 g/mol. The summed E-state index contributed by atoms with van der Waals surface area (Å²) in [6.07, 6.45) is -1.07. The van der Waals surface area contributed by atoms with Gasteiger partial charge < -0.3 is 9.84 Å². The lowest BCUT2D eigenvalue weighted by Crippen LogP contribution is -2.01. The van der Waals surface area contributed by atoms with Gasteiger partial charge in [-0.2, -0.15) is 0 Å². The molecule has 2 aromatic carbocycles. The Morgan fingerprint density at radius 3 is 2.11 bits per heavy atom. The van der Waals surface area contributed by atoms with Gasteiger partial charge in [0.05, 0.1) is 6.61 Å². The minimum atomic E-state index is -1.07. The molecule has 0 heterocycles. The highest BCUT2D eigenvalue weighted by Crippen LogP contribution is 2.25. The van der Waals surface area contributed by atoms with E-state index in [2.05, 4.69) is 0 Å². The van der Waals surface area contributed by atoms with Crippen molar-refractivity contribution in [1.82, 2.24) is 0 Å². The number of aliphatic hydroxyl groups is 1. The van der Waals surface area contributed by atoms with Gasteiger partial charge in [0.15, 0.2) is 0 Å². The maximum absolute atomic E-state index is 13.1. The van der Waals surface area contributed by atoms with Gasteiger partial charge in [0.1, 0.15) is 23.5 Å². The summed E-state index contributed by atoms with van der Waals surface area (Å²) in [7, 11) is 0. The molecular weight excluding hydrogens is 250 g/mol. The zero-order valence-corrected chi connectivity index (χ0v) is 10.4. The van der Waals surface area contributed by atoms with E-state index in [4.69, 9.17) is 4.74 Å². The first-order valence-electron chi connectivity index (χ1n) is 5.97. The molecule has 2 rings (SSSR count). The van der Waals surface area contributed by atoms with Crippen LogP contribution < -0.4 is 4.74 Å². The van der Waals surface area contributed by atoms with Crippen molar-refractivity contribution in [3.63, 3.8) is 0 Å². The molecule has 0 amide bonds. The molecule has 1 N–H and O–H groups in total. The van der Waals surface area contributed by atoms with Gasteiger partial charge in [-0.25, -0.2) is 8.78 Å². The molecule has 0 saturated heterocycles. The van der Waals surface area contributed by atoms with Crippen molar-refractivity contribution in [1.29, 1.82) is 0 Å². The fourth-order valence-electron chi connectivity index (χ4n) is 1.84. The van der Waals surface area contributed by atoms with E-state index in [1.165, 1.54) is 0 Å². The molecule has 0 aliphatic rings. The van der Waals surface area contributed by atoms with E-state index in [0.29, 0.717) is 17.9 Å². The van der Waals surface area contributed by atoms with E-state index in [9.17, 15) is 13.9 Å². The Balaban J connectivity index is 2.25. The zero-order chi connectivity index (χ0) is 13.8. The molecule has 0 aliphatic heterocycles. The van der Waals surface area contributed by atoms with Gasteiger partial charge in [-0.15, -0.1) is 0 Å². The predicted molar refractivity (Wildman–Crippen MR) is 68.0 cm³/mol. The second kappa shape index (κ2) is 5.80. The van der Waals surface area contributed by atoms with Crippen LogP contribution in [-0.4, -0.2) is 11.7 Å². The Labute approximate surface area is 110 Å². The van der Waals surface area contributed by atoms with Gasteiger partial charge in [0.25, 0.3) is 0 Å². The molecule has 0 aromatic heterocycles. The monoisotopic (exact) mass is 264 g/mol. The van der Waals surface area contributed by atoms with E-state index in [1.807, 2.05) is 6.92 Å². The van der Waals surface area contributed by atoms with Gasteiger partial charge in [-0.1, -0.05) is 12.1 Å². The van der Waals surface area contributed by atoms with Crippen molar-refractivity contribution in [3.05, 3.63) is 65.2 Å². The fourth-order valence-corrected chi connectivity index (χ4v) is 1.84. The first-order valence-corrected chi connectivity index (χ1v) is 5.97. The van der Waals surface area contributed by atoms with Gasteiger partial charge in [0.2, 0.25) is 0 Å². The predicted octanol–water partition coefficient (Wildman–Crippen LogP) is 3.45. The summed E-state index contributed by atoms with van der Waals surface area (Å²) in [5, 5.41) is 10.1. The summed E-state index contributed by atoms with van der Waals surface area (Å²) in [5.74, 6) is -0.733. The Morgan fingerprint density at radius 2 is 1.58 bits per heavy atom. The summed E-state index contributed by atoms with van der Waals surface area (Å²) >= 11 is 0. The third-order valence-electron chi connectivity index (χ3n) is 2.71. The second-order valence-electron chi connectivity index (χ2n) is 4.11. The highest BCUT2D eigenvalue weighted by molar-refractivity contribution is 5.34. The Kier molecular flexibility index (Phi) is 4.12. The highest BCUT2D eigenvalue weighted by Gasteiger charge is 2.12. The first kappa shape index (κ1) is 13.5. The molecule has 1 unspecified atom stereocenters. The maximum atomic E-state index is 13.1. The molecule has 2 aromatic rings. The van der Waals surface area contributed by atoms with Gasteiger partial charge >= 0.3 is 0 Å². The van der Waals surface area contributed by atoms with Crippen LogP contribution in [0.5, 0.6) is 5.75 Å². The topological polar surface area (TPSA) is 29.5 Å². The molecule has 100 valence electrons. The molecular formula is C15H14F2O2. The molecule has 0 spiro atoms. The minimum Gasteiger partial charge on any atom is -0.494 e. The minimum absolute atomic E-state index is 0.182. The molecule has 0 saturated carbocycles. The maximum Gasteiger partial charge on any atom is 0.126 e. The van der Waals surface area contributed by atoms with E-state index >= 15 is 0 Å². The van der Waals surface area contributed by atoms with Crippen LogP contribution in [0.3, 0.4) is 0 Å². The molecule has 0 radical (unpaired) electrons. The lowest BCUT2D eigenvalue weighted by atomic mass is 10.0. The third kappa shape index (κ3) is 3.29. The van der Waals surface area contributed by atoms with Gasteiger partial charge in [-0.05, 0) is 42.3 Å². The number of halogens is 2. The van der Waals surface area contributed by atoms with Crippen molar-refractivity contribution in [2.75, 3.05) is 6.61 Å². The largest absolute Gasteiger partial charge is 0.494 e. The Hall–Kier alpha value is -1.94. The lowest BCUT2D eigenvalue weighted by Gasteiger charge is -2.12. The summed E-state index contributed by atoms with van der Waals surface area (Å²) in [6, 6.07) is 9.75. The quantitative estimate of drug-likeness (QED) is 0.916. The van der Waals surface area contributed by atoms with Crippen LogP contribution in [0.15, 0.2) is 42.5 Å². The number of hydrogen-bond donors (Lipinski definition) is 1. The second-order valence-corrected chi connectivity index (χ2v) is 4.11. The van der Waals surface area contributed by atoms with E-state index in [0.717, 1.165) is 18.2 Å². The van der Waals surface area contributed by atoms with Crippen molar-refractivity contribution < 1.29 is 18.6 Å². The summed E-state index contributed by atoms with van der Waals surface area (Å²) in [6.45, 7) is 2.43. The van der Waals surface area contributed by atoms with E-state index in [-0.39, 0.29) is 5.56 Å². The molecule has 1 atom stereocenters. The van der Waals surface area contributed by atoms with Crippen LogP contribution in [0.2, 0.25) is 0 Å².